The van der Waals surface area contributed by atoms with Crippen molar-refractivity contribution in [2.45, 2.75) is 33.0 Å². The smallest absolute Gasteiger partial charge is 0.256 e. The molecule has 1 atom stereocenters. The SMILES string of the molecule is Cc1ncsc1COc1ccc2oc(C)c(C(=O)NC(Cn3cncn3)C(N)=O)c2c1. The molecule has 0 fully saturated rings. The molecule has 1 aromatic carbocycles. The Balaban J connectivity index is 1.56. The van der Waals surface area contributed by atoms with Gasteiger partial charge < -0.3 is 20.2 Å². The molecule has 1 unspecified atom stereocenters. The van der Waals surface area contributed by atoms with Gasteiger partial charge in [0.1, 0.15) is 42.4 Å². The van der Waals surface area contributed by atoms with Crippen molar-refractivity contribution >= 4 is 34.1 Å². The summed E-state index contributed by atoms with van der Waals surface area (Å²) in [7, 11) is 0. The maximum atomic E-state index is 13.0. The molecule has 4 aromatic rings. The number of carbonyl (C=O) groups is 2. The number of carbonyl (C=O) groups excluding carboxylic acids is 2. The normalized spacial score (nSPS) is 12.1. The van der Waals surface area contributed by atoms with Crippen molar-refractivity contribution in [3.63, 3.8) is 0 Å². The number of nitrogens with two attached hydrogens (primary N) is 1. The molecule has 31 heavy (non-hydrogen) atoms. The molecular formula is C20H20N6O4S. The van der Waals surface area contributed by atoms with E-state index in [2.05, 4.69) is 20.4 Å². The van der Waals surface area contributed by atoms with Gasteiger partial charge in [-0.2, -0.15) is 5.10 Å². The van der Waals surface area contributed by atoms with Crippen LogP contribution in [0.3, 0.4) is 0 Å². The maximum Gasteiger partial charge on any atom is 0.256 e. The van der Waals surface area contributed by atoms with Crippen molar-refractivity contribution in [1.29, 1.82) is 0 Å². The van der Waals surface area contributed by atoms with E-state index in [1.807, 2.05) is 6.92 Å². The van der Waals surface area contributed by atoms with Gasteiger partial charge in [0, 0.05) is 5.39 Å². The molecule has 2 amide bonds. The number of rotatable bonds is 8. The van der Waals surface area contributed by atoms with Gasteiger partial charge in [-0.05, 0) is 32.0 Å². The molecule has 3 heterocycles. The number of hydrogen-bond acceptors (Lipinski definition) is 8. The summed E-state index contributed by atoms with van der Waals surface area (Å²) < 4.78 is 13.0. The van der Waals surface area contributed by atoms with Crippen molar-refractivity contribution < 1.29 is 18.7 Å². The van der Waals surface area contributed by atoms with Crippen LogP contribution in [0, 0.1) is 13.8 Å². The van der Waals surface area contributed by atoms with Gasteiger partial charge in [-0.25, -0.2) is 9.97 Å². The Morgan fingerprint density at radius 2 is 2.19 bits per heavy atom. The fourth-order valence-electron chi connectivity index (χ4n) is 3.14. The standard InChI is InChI=1S/C20H20N6O4S/c1-11-17(31-10-23-11)7-29-13-3-4-16-14(5-13)18(12(2)30-16)20(28)25-15(19(21)27)6-26-9-22-8-24-26/h3-5,8-10,15H,6-7H2,1-2H3,(H2,21,27)(H,25,28). The summed E-state index contributed by atoms with van der Waals surface area (Å²) in [5.41, 5.74) is 9.02. The van der Waals surface area contributed by atoms with E-state index in [0.29, 0.717) is 34.6 Å². The average molecular weight is 440 g/mol. The highest BCUT2D eigenvalue weighted by molar-refractivity contribution is 7.09. The molecule has 0 aliphatic carbocycles. The van der Waals surface area contributed by atoms with Crippen LogP contribution in [0.2, 0.25) is 0 Å². The molecule has 10 nitrogen and oxygen atoms in total. The molecule has 0 aliphatic heterocycles. The number of primary amides is 1. The number of thiazole rings is 1. The third-order valence-corrected chi connectivity index (χ3v) is 5.67. The molecule has 0 spiro atoms. The van der Waals surface area contributed by atoms with Gasteiger partial charge in [0.25, 0.3) is 5.91 Å². The van der Waals surface area contributed by atoms with E-state index >= 15 is 0 Å². The number of aryl methyl sites for hydroxylation is 2. The topological polar surface area (TPSA) is 138 Å². The van der Waals surface area contributed by atoms with Crippen LogP contribution in [0.25, 0.3) is 11.0 Å². The fourth-order valence-corrected chi connectivity index (χ4v) is 3.82. The van der Waals surface area contributed by atoms with Crippen molar-refractivity contribution in [2.24, 2.45) is 5.73 Å². The lowest BCUT2D eigenvalue weighted by Crippen LogP contribution is -2.47. The summed E-state index contributed by atoms with van der Waals surface area (Å²) in [5, 5.41) is 7.19. The molecule has 3 N–H and O–H groups in total. The number of aromatic nitrogens is 4. The predicted molar refractivity (Wildman–Crippen MR) is 113 cm³/mol. The zero-order chi connectivity index (χ0) is 22.0. The van der Waals surface area contributed by atoms with Gasteiger partial charge in [-0.3, -0.25) is 14.3 Å². The van der Waals surface area contributed by atoms with E-state index in [1.54, 1.807) is 30.6 Å². The molecule has 0 aliphatic rings. The van der Waals surface area contributed by atoms with Crippen LogP contribution in [-0.2, 0) is 17.9 Å². The number of nitrogens with one attached hydrogen (secondary N) is 1. The van der Waals surface area contributed by atoms with Crippen molar-refractivity contribution in [2.75, 3.05) is 0 Å². The Labute approximate surface area is 181 Å². The summed E-state index contributed by atoms with van der Waals surface area (Å²) in [6.45, 7) is 4.06. The first kappa shape index (κ1) is 20.5. The second kappa shape index (κ2) is 8.56. The highest BCUT2D eigenvalue weighted by Gasteiger charge is 2.24. The summed E-state index contributed by atoms with van der Waals surface area (Å²) in [6, 6.07) is 4.30. The average Bonchev–Trinajstić information content (AvgIpc) is 3.45. The highest BCUT2D eigenvalue weighted by Crippen LogP contribution is 2.30. The van der Waals surface area contributed by atoms with Crippen LogP contribution in [0.5, 0.6) is 5.75 Å². The lowest BCUT2D eigenvalue weighted by Gasteiger charge is -2.15. The minimum absolute atomic E-state index is 0.0679. The number of fused-ring (bicyclic) bond motifs is 1. The monoisotopic (exact) mass is 440 g/mol. The van der Waals surface area contributed by atoms with Crippen LogP contribution < -0.4 is 15.8 Å². The summed E-state index contributed by atoms with van der Waals surface area (Å²) >= 11 is 1.52. The molecular weight excluding hydrogens is 420 g/mol. The first-order valence-corrected chi connectivity index (χ1v) is 10.3. The summed E-state index contributed by atoms with van der Waals surface area (Å²) in [4.78, 5) is 33.9. The highest BCUT2D eigenvalue weighted by atomic mass is 32.1. The molecule has 0 saturated heterocycles. The van der Waals surface area contributed by atoms with Gasteiger partial charge in [-0.1, -0.05) is 0 Å². The lowest BCUT2D eigenvalue weighted by atomic mass is 10.1. The minimum atomic E-state index is -0.965. The predicted octanol–water partition coefficient (Wildman–Crippen LogP) is 1.96. The number of benzene rings is 1. The van der Waals surface area contributed by atoms with Gasteiger partial charge in [0.2, 0.25) is 5.91 Å². The number of nitrogens with zero attached hydrogens (tertiary/aromatic N) is 4. The molecule has 11 heteroatoms. The third kappa shape index (κ3) is 4.40. The van der Waals surface area contributed by atoms with E-state index in [4.69, 9.17) is 14.9 Å². The Hall–Kier alpha value is -3.73. The molecule has 0 saturated carbocycles. The first-order valence-electron chi connectivity index (χ1n) is 9.40. The van der Waals surface area contributed by atoms with Gasteiger partial charge in [0.15, 0.2) is 0 Å². The zero-order valence-corrected chi connectivity index (χ0v) is 17.7. The van der Waals surface area contributed by atoms with Crippen molar-refractivity contribution in [3.05, 3.63) is 58.3 Å². The first-order chi connectivity index (χ1) is 14.9. The number of amides is 2. The molecule has 160 valence electrons. The fraction of sp³-hybridized carbons (Fsp3) is 0.250. The van der Waals surface area contributed by atoms with E-state index < -0.39 is 17.9 Å². The van der Waals surface area contributed by atoms with Crippen LogP contribution in [0.1, 0.15) is 26.7 Å². The Kier molecular flexibility index (Phi) is 5.67. The quantitative estimate of drug-likeness (QED) is 0.427. The largest absolute Gasteiger partial charge is 0.488 e. The van der Waals surface area contributed by atoms with Gasteiger partial charge >= 0.3 is 0 Å². The number of hydrogen-bond donors (Lipinski definition) is 2. The molecule has 4 rings (SSSR count). The zero-order valence-electron chi connectivity index (χ0n) is 16.9. The maximum absolute atomic E-state index is 13.0. The van der Waals surface area contributed by atoms with Crippen LogP contribution in [0.15, 0.2) is 40.8 Å². The van der Waals surface area contributed by atoms with Crippen LogP contribution in [0.4, 0.5) is 0 Å². The van der Waals surface area contributed by atoms with Crippen LogP contribution in [-0.4, -0.2) is 37.6 Å². The Bertz CT molecular complexity index is 1230. The van der Waals surface area contributed by atoms with E-state index in [1.165, 1.54) is 28.7 Å². The van der Waals surface area contributed by atoms with E-state index in [0.717, 1.165) is 10.6 Å². The van der Waals surface area contributed by atoms with Gasteiger partial charge in [-0.15, -0.1) is 11.3 Å². The molecule has 0 radical (unpaired) electrons. The second-order valence-corrected chi connectivity index (χ2v) is 7.83. The lowest BCUT2D eigenvalue weighted by molar-refractivity contribution is -0.120. The number of furan rings is 1. The van der Waals surface area contributed by atoms with E-state index in [9.17, 15) is 9.59 Å². The minimum Gasteiger partial charge on any atom is -0.488 e. The van der Waals surface area contributed by atoms with Crippen molar-refractivity contribution in [3.8, 4) is 5.75 Å². The Morgan fingerprint density at radius 1 is 1.35 bits per heavy atom. The molecule has 3 aromatic heterocycles. The Morgan fingerprint density at radius 3 is 2.87 bits per heavy atom. The van der Waals surface area contributed by atoms with Crippen molar-refractivity contribution in [1.82, 2.24) is 25.1 Å². The third-order valence-electron chi connectivity index (χ3n) is 4.76. The van der Waals surface area contributed by atoms with Crippen LogP contribution >= 0.6 is 11.3 Å². The second-order valence-electron chi connectivity index (χ2n) is 6.89. The summed E-state index contributed by atoms with van der Waals surface area (Å²) in [6.07, 6.45) is 2.78. The summed E-state index contributed by atoms with van der Waals surface area (Å²) in [5.74, 6) is -0.148. The van der Waals surface area contributed by atoms with E-state index in [-0.39, 0.29) is 6.54 Å². The number of ether oxygens (including phenoxy) is 1. The molecule has 0 bridgehead atoms. The van der Waals surface area contributed by atoms with Gasteiger partial charge in [0.05, 0.1) is 28.2 Å².